The Morgan fingerprint density at radius 1 is 1.29 bits per heavy atom. The van der Waals surface area contributed by atoms with Crippen molar-refractivity contribution in [3.05, 3.63) is 18.0 Å². The van der Waals surface area contributed by atoms with Crippen molar-refractivity contribution in [2.24, 2.45) is 5.73 Å². The molecule has 1 aromatic heterocycles. The Bertz CT molecular complexity index is 385. The number of amides is 1. The van der Waals surface area contributed by atoms with Crippen molar-refractivity contribution in [1.82, 2.24) is 9.97 Å². The van der Waals surface area contributed by atoms with Gasteiger partial charge in [-0.15, -0.1) is 0 Å². The number of rotatable bonds is 3. The van der Waals surface area contributed by atoms with E-state index < -0.39 is 5.91 Å². The summed E-state index contributed by atoms with van der Waals surface area (Å²) in [4.78, 5) is 18.9. The smallest absolute Gasteiger partial charge is 0.251 e. The zero-order chi connectivity index (χ0) is 12.3. The number of hydrogen-bond acceptors (Lipinski definition) is 5. The van der Waals surface area contributed by atoms with Crippen LogP contribution in [0.15, 0.2) is 12.4 Å². The minimum Gasteiger partial charge on any atom is -0.393 e. The SMILES string of the molecule is NC(=O)c1cnc(NC2CCC(O)CC2)nc1. The Balaban J connectivity index is 1.92. The number of anilines is 1. The number of carbonyl (C=O) groups excluding carboxylic acids is 1. The highest BCUT2D eigenvalue weighted by Gasteiger charge is 2.19. The fourth-order valence-corrected chi connectivity index (χ4v) is 1.93. The van der Waals surface area contributed by atoms with E-state index in [9.17, 15) is 9.90 Å². The predicted octanol–water partition coefficient (Wildman–Crippen LogP) is 0.291. The van der Waals surface area contributed by atoms with E-state index in [0.29, 0.717) is 11.5 Å². The standard InChI is InChI=1S/C11H16N4O2/c12-10(17)7-5-13-11(14-6-7)15-8-1-3-9(16)4-2-8/h5-6,8-9,16H,1-4H2,(H2,12,17)(H,13,14,15). The van der Waals surface area contributed by atoms with E-state index in [1.54, 1.807) is 0 Å². The molecular formula is C11H16N4O2. The zero-order valence-electron chi connectivity index (χ0n) is 9.47. The molecule has 6 heteroatoms. The largest absolute Gasteiger partial charge is 0.393 e. The first kappa shape index (κ1) is 11.8. The van der Waals surface area contributed by atoms with Crippen LogP contribution in [-0.4, -0.2) is 33.1 Å². The van der Waals surface area contributed by atoms with Gasteiger partial charge in [0.25, 0.3) is 5.91 Å². The number of nitrogens with zero attached hydrogens (tertiary/aromatic N) is 2. The minimum absolute atomic E-state index is 0.175. The van der Waals surface area contributed by atoms with Gasteiger partial charge in [0.05, 0.1) is 11.7 Å². The number of nitrogens with one attached hydrogen (secondary N) is 1. The Hall–Kier alpha value is -1.69. The van der Waals surface area contributed by atoms with E-state index in [2.05, 4.69) is 15.3 Å². The van der Waals surface area contributed by atoms with Crippen LogP contribution >= 0.6 is 0 Å². The molecule has 0 radical (unpaired) electrons. The van der Waals surface area contributed by atoms with Crippen LogP contribution in [0, 0.1) is 0 Å². The van der Waals surface area contributed by atoms with Crippen molar-refractivity contribution < 1.29 is 9.90 Å². The second kappa shape index (κ2) is 5.09. The summed E-state index contributed by atoms with van der Waals surface area (Å²) < 4.78 is 0. The molecule has 6 nitrogen and oxygen atoms in total. The lowest BCUT2D eigenvalue weighted by atomic mass is 9.93. The molecule has 17 heavy (non-hydrogen) atoms. The summed E-state index contributed by atoms with van der Waals surface area (Å²) in [6, 6.07) is 0.290. The topological polar surface area (TPSA) is 101 Å². The van der Waals surface area contributed by atoms with Gasteiger partial charge < -0.3 is 16.2 Å². The number of carbonyl (C=O) groups is 1. The van der Waals surface area contributed by atoms with Crippen LogP contribution in [0.2, 0.25) is 0 Å². The third-order valence-electron chi connectivity index (χ3n) is 2.97. The number of hydrogen-bond donors (Lipinski definition) is 3. The maximum Gasteiger partial charge on any atom is 0.251 e. The lowest BCUT2D eigenvalue weighted by molar-refractivity contribution is 0.0999. The summed E-state index contributed by atoms with van der Waals surface area (Å²) in [5.74, 6) is -0.0336. The quantitative estimate of drug-likeness (QED) is 0.700. The van der Waals surface area contributed by atoms with Crippen molar-refractivity contribution in [1.29, 1.82) is 0 Å². The van der Waals surface area contributed by atoms with Crippen molar-refractivity contribution in [3.63, 3.8) is 0 Å². The molecule has 92 valence electrons. The third kappa shape index (κ3) is 3.13. The van der Waals surface area contributed by atoms with Crippen LogP contribution in [-0.2, 0) is 0 Å². The van der Waals surface area contributed by atoms with Crippen LogP contribution < -0.4 is 11.1 Å². The number of aromatic nitrogens is 2. The normalized spacial score (nSPS) is 24.3. The van der Waals surface area contributed by atoms with E-state index in [-0.39, 0.29) is 12.1 Å². The first-order valence-corrected chi connectivity index (χ1v) is 5.71. The van der Waals surface area contributed by atoms with Crippen LogP contribution in [0.5, 0.6) is 0 Å². The van der Waals surface area contributed by atoms with Gasteiger partial charge in [0.2, 0.25) is 5.95 Å². The lowest BCUT2D eigenvalue weighted by Gasteiger charge is -2.26. The summed E-state index contributed by atoms with van der Waals surface area (Å²) in [7, 11) is 0. The highest BCUT2D eigenvalue weighted by Crippen LogP contribution is 2.20. The summed E-state index contributed by atoms with van der Waals surface area (Å²) in [5, 5.41) is 12.6. The van der Waals surface area contributed by atoms with E-state index in [4.69, 9.17) is 5.73 Å². The first-order chi connectivity index (χ1) is 8.15. The average molecular weight is 236 g/mol. The summed E-state index contributed by atoms with van der Waals surface area (Å²) in [6.07, 6.45) is 6.06. The monoisotopic (exact) mass is 236 g/mol. The fraction of sp³-hybridized carbons (Fsp3) is 0.545. The van der Waals surface area contributed by atoms with Gasteiger partial charge in [-0.25, -0.2) is 9.97 Å². The van der Waals surface area contributed by atoms with E-state index in [1.807, 2.05) is 0 Å². The molecule has 1 saturated carbocycles. The number of aliphatic hydroxyl groups is 1. The van der Waals surface area contributed by atoms with Gasteiger partial charge >= 0.3 is 0 Å². The molecule has 1 heterocycles. The number of aliphatic hydroxyl groups excluding tert-OH is 1. The Labute approximate surface area is 99.3 Å². The van der Waals surface area contributed by atoms with Gasteiger partial charge in [-0.3, -0.25) is 4.79 Å². The second-order valence-electron chi connectivity index (χ2n) is 4.31. The van der Waals surface area contributed by atoms with Gasteiger partial charge in [-0.1, -0.05) is 0 Å². The third-order valence-corrected chi connectivity index (χ3v) is 2.97. The molecule has 1 amide bonds. The molecule has 0 saturated heterocycles. The molecule has 2 rings (SSSR count). The van der Waals surface area contributed by atoms with E-state index in [0.717, 1.165) is 25.7 Å². The highest BCUT2D eigenvalue weighted by molar-refractivity contribution is 5.92. The van der Waals surface area contributed by atoms with Crippen LogP contribution in [0.25, 0.3) is 0 Å². The van der Waals surface area contributed by atoms with Crippen molar-refractivity contribution in [3.8, 4) is 0 Å². The van der Waals surface area contributed by atoms with Gasteiger partial charge in [-0.2, -0.15) is 0 Å². The maximum absolute atomic E-state index is 10.8. The summed E-state index contributed by atoms with van der Waals surface area (Å²) >= 11 is 0. The van der Waals surface area contributed by atoms with Gasteiger partial charge in [0.1, 0.15) is 0 Å². The Morgan fingerprint density at radius 3 is 2.41 bits per heavy atom. The number of primary amides is 1. The molecule has 0 unspecified atom stereocenters. The summed E-state index contributed by atoms with van der Waals surface area (Å²) in [6.45, 7) is 0. The van der Waals surface area contributed by atoms with Crippen molar-refractivity contribution in [2.45, 2.75) is 37.8 Å². The molecule has 1 aliphatic carbocycles. The van der Waals surface area contributed by atoms with Crippen molar-refractivity contribution in [2.75, 3.05) is 5.32 Å². The molecule has 0 aromatic carbocycles. The Morgan fingerprint density at radius 2 is 1.88 bits per heavy atom. The van der Waals surface area contributed by atoms with Crippen LogP contribution in [0.1, 0.15) is 36.0 Å². The zero-order valence-corrected chi connectivity index (χ0v) is 9.47. The first-order valence-electron chi connectivity index (χ1n) is 5.71. The molecule has 1 aromatic rings. The average Bonchev–Trinajstić information content (AvgIpc) is 2.33. The molecule has 0 aliphatic heterocycles. The minimum atomic E-state index is -0.530. The lowest BCUT2D eigenvalue weighted by Crippen LogP contribution is -2.29. The van der Waals surface area contributed by atoms with Crippen LogP contribution in [0.3, 0.4) is 0 Å². The van der Waals surface area contributed by atoms with E-state index >= 15 is 0 Å². The van der Waals surface area contributed by atoms with Crippen LogP contribution in [0.4, 0.5) is 5.95 Å². The van der Waals surface area contributed by atoms with Gasteiger partial charge in [-0.05, 0) is 25.7 Å². The molecule has 0 bridgehead atoms. The fourth-order valence-electron chi connectivity index (χ4n) is 1.93. The second-order valence-corrected chi connectivity index (χ2v) is 4.31. The van der Waals surface area contributed by atoms with Gasteiger partial charge in [0.15, 0.2) is 0 Å². The molecule has 4 N–H and O–H groups in total. The molecule has 1 aliphatic rings. The van der Waals surface area contributed by atoms with E-state index in [1.165, 1.54) is 12.4 Å². The van der Waals surface area contributed by atoms with Crippen molar-refractivity contribution >= 4 is 11.9 Å². The molecular weight excluding hydrogens is 220 g/mol. The highest BCUT2D eigenvalue weighted by atomic mass is 16.3. The summed E-state index contributed by atoms with van der Waals surface area (Å²) in [5.41, 5.74) is 5.40. The predicted molar refractivity (Wildman–Crippen MR) is 62.4 cm³/mol. The maximum atomic E-state index is 10.8. The Kier molecular flexibility index (Phi) is 3.53. The van der Waals surface area contributed by atoms with Gasteiger partial charge in [0, 0.05) is 18.4 Å². The molecule has 1 fully saturated rings. The molecule has 0 spiro atoms. The molecule has 0 atom stereocenters. The number of nitrogens with two attached hydrogens (primary N) is 1.